The number of nitrogens with zero attached hydrogens (tertiary/aromatic N) is 2. The third-order valence-electron chi connectivity index (χ3n) is 8.53. The summed E-state index contributed by atoms with van der Waals surface area (Å²) >= 11 is 0. The number of aryl methyl sites for hydroxylation is 1. The molecule has 0 unspecified atom stereocenters. The molecule has 4 aromatic rings. The first-order chi connectivity index (χ1) is 18.4. The Bertz CT molecular complexity index is 1520. The van der Waals surface area contributed by atoms with Crippen LogP contribution in [-0.4, -0.2) is 57.4 Å². The van der Waals surface area contributed by atoms with Gasteiger partial charge >= 0.3 is 0 Å². The number of hydrogen-bond acceptors (Lipinski definition) is 3. The van der Waals surface area contributed by atoms with Gasteiger partial charge in [-0.3, -0.25) is 9.59 Å². The highest BCUT2D eigenvalue weighted by molar-refractivity contribution is 5.98. The summed E-state index contributed by atoms with van der Waals surface area (Å²) in [5.74, 6) is -0.882. The Morgan fingerprint density at radius 1 is 1.05 bits per heavy atom. The number of piperidine rings is 1. The molecule has 194 valence electrons. The van der Waals surface area contributed by atoms with Gasteiger partial charge in [0.25, 0.3) is 5.91 Å². The van der Waals surface area contributed by atoms with E-state index in [-0.39, 0.29) is 17.9 Å². The summed E-state index contributed by atoms with van der Waals surface area (Å²) in [6.45, 7) is 4.18. The molecule has 0 bridgehead atoms. The fourth-order valence-corrected chi connectivity index (χ4v) is 6.57. The SMILES string of the molecule is Cc1ccccc1C(=O)N(C)[C@H]1C[C@H]2c3[nH]c4c(-c5ccccc5)cccc4c3CCN2C(=O)[C@H]1[C@H](C)O. The van der Waals surface area contributed by atoms with E-state index in [1.807, 2.05) is 54.3 Å². The van der Waals surface area contributed by atoms with Crippen LogP contribution in [0.4, 0.5) is 0 Å². The molecule has 0 saturated carbocycles. The van der Waals surface area contributed by atoms with Crippen molar-refractivity contribution in [2.24, 2.45) is 5.92 Å². The largest absolute Gasteiger partial charge is 0.393 e. The lowest BCUT2D eigenvalue weighted by atomic mass is 9.79. The summed E-state index contributed by atoms with van der Waals surface area (Å²) in [6.07, 6.45) is 0.454. The third kappa shape index (κ3) is 3.82. The predicted octanol–water partition coefficient (Wildman–Crippen LogP) is 5.11. The van der Waals surface area contributed by atoms with Gasteiger partial charge in [-0.1, -0.05) is 66.7 Å². The first kappa shape index (κ1) is 24.4. The van der Waals surface area contributed by atoms with Crippen molar-refractivity contribution in [1.82, 2.24) is 14.8 Å². The third-order valence-corrected chi connectivity index (χ3v) is 8.53. The highest BCUT2D eigenvalue weighted by Crippen LogP contribution is 2.44. The van der Waals surface area contributed by atoms with Crippen molar-refractivity contribution < 1.29 is 14.7 Å². The van der Waals surface area contributed by atoms with Crippen LogP contribution in [0.1, 0.15) is 46.6 Å². The van der Waals surface area contributed by atoms with Gasteiger partial charge in [-0.15, -0.1) is 0 Å². The molecule has 1 saturated heterocycles. The van der Waals surface area contributed by atoms with Gasteiger partial charge in [0.05, 0.1) is 23.6 Å². The number of aliphatic hydroxyl groups is 1. The van der Waals surface area contributed by atoms with E-state index in [4.69, 9.17) is 0 Å². The molecule has 1 aromatic heterocycles. The molecule has 2 N–H and O–H groups in total. The second-order valence-corrected chi connectivity index (χ2v) is 10.7. The lowest BCUT2D eigenvalue weighted by molar-refractivity contribution is -0.151. The van der Waals surface area contributed by atoms with Gasteiger partial charge in [-0.25, -0.2) is 0 Å². The number of carbonyl (C=O) groups excluding carboxylic acids is 2. The molecule has 2 amide bonds. The monoisotopic (exact) mass is 507 g/mol. The van der Waals surface area contributed by atoms with Crippen molar-refractivity contribution in [3.8, 4) is 11.1 Å². The zero-order valence-corrected chi connectivity index (χ0v) is 22.0. The number of aliphatic hydroxyl groups excluding tert-OH is 1. The van der Waals surface area contributed by atoms with Gasteiger partial charge < -0.3 is 19.9 Å². The van der Waals surface area contributed by atoms with Crippen LogP contribution in [0.15, 0.2) is 72.8 Å². The number of amides is 2. The van der Waals surface area contributed by atoms with Gasteiger partial charge in [-0.05, 0) is 49.4 Å². The van der Waals surface area contributed by atoms with E-state index in [0.717, 1.165) is 34.3 Å². The van der Waals surface area contributed by atoms with Gasteiger partial charge in [0.2, 0.25) is 5.91 Å². The van der Waals surface area contributed by atoms with Gasteiger partial charge in [0.15, 0.2) is 0 Å². The van der Waals surface area contributed by atoms with Crippen LogP contribution in [0.5, 0.6) is 0 Å². The van der Waals surface area contributed by atoms with E-state index in [0.29, 0.717) is 18.5 Å². The molecule has 38 heavy (non-hydrogen) atoms. The zero-order valence-electron chi connectivity index (χ0n) is 22.0. The fraction of sp³-hybridized carbons (Fsp3) is 0.312. The van der Waals surface area contributed by atoms with Crippen LogP contribution in [0.3, 0.4) is 0 Å². The average molecular weight is 508 g/mol. The molecule has 6 heteroatoms. The van der Waals surface area contributed by atoms with Crippen LogP contribution < -0.4 is 0 Å². The maximum Gasteiger partial charge on any atom is 0.254 e. The number of hydrogen-bond donors (Lipinski definition) is 2. The van der Waals surface area contributed by atoms with E-state index < -0.39 is 18.1 Å². The Morgan fingerprint density at radius 2 is 1.79 bits per heavy atom. The van der Waals surface area contributed by atoms with Crippen LogP contribution in [0, 0.1) is 12.8 Å². The number of fused-ring (bicyclic) bond motifs is 5. The standard InChI is InChI=1S/C32H33N3O3/c1-19-10-7-8-13-22(19)31(37)34(3)26-18-27-30-25(16-17-35(27)32(38)28(26)20(2)36)24-15-9-14-23(29(24)33-30)21-11-5-4-6-12-21/h4-15,20,26-28,33,36H,16-18H2,1-3H3/t20-,26-,27-,28-/m0/s1. The molecule has 3 aromatic carbocycles. The Labute approximate surface area is 222 Å². The zero-order chi connectivity index (χ0) is 26.6. The normalized spacial score (nSPS) is 21.6. The van der Waals surface area contributed by atoms with Crippen LogP contribution >= 0.6 is 0 Å². The molecule has 2 aliphatic heterocycles. The molecular weight excluding hydrogens is 474 g/mol. The Kier molecular flexibility index (Phi) is 6.07. The predicted molar refractivity (Wildman–Crippen MR) is 149 cm³/mol. The highest BCUT2D eigenvalue weighted by Gasteiger charge is 2.49. The summed E-state index contributed by atoms with van der Waals surface area (Å²) in [7, 11) is 1.76. The van der Waals surface area contributed by atoms with E-state index >= 15 is 0 Å². The summed E-state index contributed by atoms with van der Waals surface area (Å²) in [6, 6.07) is 23.6. The molecular formula is C32H33N3O3. The number of rotatable bonds is 4. The first-order valence-electron chi connectivity index (χ1n) is 13.4. The average Bonchev–Trinajstić information content (AvgIpc) is 3.32. The quantitative estimate of drug-likeness (QED) is 0.403. The van der Waals surface area contributed by atoms with Gasteiger partial charge in [0, 0.05) is 41.8 Å². The molecule has 0 aliphatic carbocycles. The lowest BCUT2D eigenvalue weighted by Crippen LogP contribution is -2.59. The molecule has 1 fully saturated rings. The highest BCUT2D eigenvalue weighted by atomic mass is 16.3. The van der Waals surface area contributed by atoms with Crippen LogP contribution in [0.2, 0.25) is 0 Å². The van der Waals surface area contributed by atoms with E-state index in [9.17, 15) is 14.7 Å². The molecule has 4 atom stereocenters. The van der Waals surface area contributed by atoms with Gasteiger partial charge in [-0.2, -0.15) is 0 Å². The Hall–Kier alpha value is -3.90. The summed E-state index contributed by atoms with van der Waals surface area (Å²) in [5.41, 5.74) is 7.17. The number of aromatic nitrogens is 1. The van der Waals surface area contributed by atoms with Crippen LogP contribution in [0.25, 0.3) is 22.0 Å². The number of H-pyrrole nitrogens is 1. The Morgan fingerprint density at radius 3 is 2.53 bits per heavy atom. The van der Waals surface area contributed by atoms with Crippen molar-refractivity contribution in [3.05, 3.63) is 95.2 Å². The molecule has 6 rings (SSSR count). The van der Waals surface area contributed by atoms with Crippen molar-refractivity contribution in [2.75, 3.05) is 13.6 Å². The van der Waals surface area contributed by atoms with Crippen molar-refractivity contribution in [2.45, 2.75) is 44.9 Å². The maximum absolute atomic E-state index is 13.9. The summed E-state index contributed by atoms with van der Waals surface area (Å²) < 4.78 is 0. The second-order valence-electron chi connectivity index (χ2n) is 10.7. The second kappa shape index (κ2) is 9.44. The molecule has 3 heterocycles. The van der Waals surface area contributed by atoms with Gasteiger partial charge in [0.1, 0.15) is 0 Å². The fourth-order valence-electron chi connectivity index (χ4n) is 6.57. The van der Waals surface area contributed by atoms with E-state index in [2.05, 4.69) is 35.3 Å². The smallest absolute Gasteiger partial charge is 0.254 e. The maximum atomic E-state index is 13.9. The van der Waals surface area contributed by atoms with E-state index in [1.165, 1.54) is 10.9 Å². The minimum atomic E-state index is -0.866. The van der Waals surface area contributed by atoms with Crippen LogP contribution in [-0.2, 0) is 11.2 Å². The number of benzene rings is 3. The first-order valence-corrected chi connectivity index (χ1v) is 13.4. The Balaban J connectivity index is 1.42. The number of carbonyl (C=O) groups is 2. The van der Waals surface area contributed by atoms with Crippen molar-refractivity contribution >= 4 is 22.7 Å². The topological polar surface area (TPSA) is 76.6 Å². The molecule has 0 spiro atoms. The summed E-state index contributed by atoms with van der Waals surface area (Å²) in [4.78, 5) is 34.8. The molecule has 2 aliphatic rings. The number of nitrogens with one attached hydrogen (secondary N) is 1. The molecule has 6 nitrogen and oxygen atoms in total. The van der Waals surface area contributed by atoms with Crippen molar-refractivity contribution in [3.63, 3.8) is 0 Å². The van der Waals surface area contributed by atoms with Crippen molar-refractivity contribution in [1.29, 1.82) is 0 Å². The minimum absolute atomic E-state index is 0.0849. The summed E-state index contributed by atoms with van der Waals surface area (Å²) in [5, 5.41) is 11.9. The lowest BCUT2D eigenvalue weighted by Gasteiger charge is -2.49. The number of para-hydroxylation sites is 1. The molecule has 0 radical (unpaired) electrons. The van der Waals surface area contributed by atoms with E-state index in [1.54, 1.807) is 18.9 Å². The number of aromatic amines is 1. The minimum Gasteiger partial charge on any atom is -0.393 e.